The van der Waals surface area contributed by atoms with E-state index in [1.54, 1.807) is 19.1 Å². The normalized spacial score (nSPS) is 16.2. The summed E-state index contributed by atoms with van der Waals surface area (Å²) in [5.74, 6) is -0.927. The van der Waals surface area contributed by atoms with E-state index in [-0.39, 0.29) is 43.4 Å². The topological polar surface area (TPSA) is 82.0 Å². The van der Waals surface area contributed by atoms with Crippen molar-refractivity contribution in [3.05, 3.63) is 35.6 Å². The van der Waals surface area contributed by atoms with Crippen molar-refractivity contribution in [2.45, 2.75) is 32.4 Å². The van der Waals surface area contributed by atoms with E-state index in [9.17, 15) is 14.0 Å². The van der Waals surface area contributed by atoms with Crippen LogP contribution in [0, 0.1) is 5.82 Å². The van der Waals surface area contributed by atoms with Gasteiger partial charge in [0.2, 0.25) is 5.91 Å². The number of aliphatic hydroxyl groups excluding tert-OH is 1. The molecule has 1 atom stereocenters. The molecule has 7 heteroatoms. The molecule has 22 heavy (non-hydrogen) atoms. The fraction of sp³-hybridized carbons (Fsp3) is 0.400. The number of carbonyl (C=O) groups is 2. The van der Waals surface area contributed by atoms with Gasteiger partial charge in [0.1, 0.15) is 11.5 Å². The molecule has 2 N–H and O–H groups in total. The van der Waals surface area contributed by atoms with Gasteiger partial charge in [-0.1, -0.05) is 12.1 Å². The summed E-state index contributed by atoms with van der Waals surface area (Å²) in [6.07, 6.45) is -0.183. The van der Waals surface area contributed by atoms with Crippen LogP contribution in [0.25, 0.3) is 0 Å². The van der Waals surface area contributed by atoms with E-state index in [4.69, 9.17) is 5.11 Å². The highest BCUT2D eigenvalue weighted by Crippen LogP contribution is 2.14. The summed E-state index contributed by atoms with van der Waals surface area (Å²) in [6.45, 7) is 1.88. The van der Waals surface area contributed by atoms with E-state index in [1.165, 1.54) is 17.1 Å². The van der Waals surface area contributed by atoms with Crippen molar-refractivity contribution in [2.24, 2.45) is 5.10 Å². The third-order valence-electron chi connectivity index (χ3n) is 3.17. The Kier molecular flexibility index (Phi) is 5.21. The van der Waals surface area contributed by atoms with Crippen LogP contribution >= 0.6 is 0 Å². The summed E-state index contributed by atoms with van der Waals surface area (Å²) in [6, 6.07) is 5.76. The maximum atomic E-state index is 12.9. The van der Waals surface area contributed by atoms with Crippen LogP contribution in [0.3, 0.4) is 0 Å². The number of halogens is 1. The zero-order chi connectivity index (χ0) is 16.1. The van der Waals surface area contributed by atoms with Gasteiger partial charge in [-0.05, 0) is 24.6 Å². The molecule has 0 fully saturated rings. The summed E-state index contributed by atoms with van der Waals surface area (Å²) >= 11 is 0. The van der Waals surface area contributed by atoms with Crippen molar-refractivity contribution < 1.29 is 19.1 Å². The molecule has 0 radical (unpaired) electrons. The molecular weight excluding hydrogens is 289 g/mol. The lowest BCUT2D eigenvalue weighted by molar-refractivity contribution is -0.132. The molecule has 0 aliphatic carbocycles. The van der Waals surface area contributed by atoms with Crippen molar-refractivity contribution in [2.75, 3.05) is 6.54 Å². The van der Waals surface area contributed by atoms with Crippen LogP contribution in [-0.4, -0.2) is 40.3 Å². The zero-order valence-corrected chi connectivity index (χ0v) is 12.3. The fourth-order valence-electron chi connectivity index (χ4n) is 1.99. The highest BCUT2D eigenvalue weighted by molar-refractivity contribution is 6.39. The second-order valence-corrected chi connectivity index (χ2v) is 5.18. The van der Waals surface area contributed by atoms with Crippen molar-refractivity contribution in [3.63, 3.8) is 0 Å². The average Bonchev–Trinajstić information content (AvgIpc) is 2.49. The molecule has 1 aromatic rings. The Morgan fingerprint density at radius 3 is 2.73 bits per heavy atom. The molecule has 1 heterocycles. The van der Waals surface area contributed by atoms with Crippen molar-refractivity contribution >= 4 is 17.5 Å². The maximum absolute atomic E-state index is 12.9. The summed E-state index contributed by atoms with van der Waals surface area (Å²) in [5.41, 5.74) is 0.978. The number of nitrogens with one attached hydrogen (secondary N) is 1. The standard InChI is InChI=1S/C15H18FN3O3/c1-10(20)8-17-15(22)13-6-7-14(21)19(18-13)9-11-2-4-12(16)5-3-11/h2-5,10,20H,6-9H2,1H3,(H,17,22). The number of carbonyl (C=O) groups excluding carboxylic acids is 2. The molecule has 0 aromatic heterocycles. The van der Waals surface area contributed by atoms with Crippen LogP contribution in [0.2, 0.25) is 0 Å². The summed E-state index contributed by atoms with van der Waals surface area (Å²) in [4.78, 5) is 23.8. The third kappa shape index (κ3) is 4.36. The molecule has 2 amide bonds. The largest absolute Gasteiger partial charge is 0.392 e. The summed E-state index contributed by atoms with van der Waals surface area (Å²) < 4.78 is 12.9. The summed E-state index contributed by atoms with van der Waals surface area (Å²) in [7, 11) is 0. The molecule has 1 aromatic carbocycles. The molecule has 2 rings (SSSR count). The van der Waals surface area contributed by atoms with E-state index in [0.717, 1.165) is 5.56 Å². The number of amides is 2. The zero-order valence-electron chi connectivity index (χ0n) is 12.3. The van der Waals surface area contributed by atoms with Crippen LogP contribution < -0.4 is 5.32 Å². The Balaban J connectivity index is 2.05. The minimum absolute atomic E-state index is 0.129. The van der Waals surface area contributed by atoms with Gasteiger partial charge in [0.05, 0.1) is 12.6 Å². The number of aliphatic hydroxyl groups is 1. The number of rotatable bonds is 5. The van der Waals surface area contributed by atoms with E-state index >= 15 is 0 Å². The van der Waals surface area contributed by atoms with Gasteiger partial charge in [-0.2, -0.15) is 5.10 Å². The predicted octanol–water partition coefficient (Wildman–Crippen LogP) is 0.801. The lowest BCUT2D eigenvalue weighted by atomic mass is 10.1. The third-order valence-corrected chi connectivity index (χ3v) is 3.17. The molecule has 1 unspecified atom stereocenters. The minimum Gasteiger partial charge on any atom is -0.392 e. The number of hydrogen-bond donors (Lipinski definition) is 2. The highest BCUT2D eigenvalue weighted by atomic mass is 19.1. The van der Waals surface area contributed by atoms with Crippen LogP contribution in [0.15, 0.2) is 29.4 Å². The number of hydrazone groups is 1. The van der Waals surface area contributed by atoms with Crippen LogP contribution in [0.4, 0.5) is 4.39 Å². The van der Waals surface area contributed by atoms with E-state index in [0.29, 0.717) is 0 Å². The Hall–Kier alpha value is -2.28. The van der Waals surface area contributed by atoms with Gasteiger partial charge in [0.25, 0.3) is 5.91 Å². The predicted molar refractivity (Wildman–Crippen MR) is 78.3 cm³/mol. The van der Waals surface area contributed by atoms with Crippen LogP contribution in [0.5, 0.6) is 0 Å². The lowest BCUT2D eigenvalue weighted by Crippen LogP contribution is -2.40. The van der Waals surface area contributed by atoms with Crippen molar-refractivity contribution in [1.82, 2.24) is 10.3 Å². The molecular formula is C15H18FN3O3. The molecule has 6 nitrogen and oxygen atoms in total. The minimum atomic E-state index is -0.648. The smallest absolute Gasteiger partial charge is 0.267 e. The molecule has 0 bridgehead atoms. The van der Waals surface area contributed by atoms with E-state index in [1.807, 2.05) is 0 Å². The monoisotopic (exact) mass is 307 g/mol. The first-order valence-corrected chi connectivity index (χ1v) is 7.04. The first-order valence-electron chi connectivity index (χ1n) is 7.04. The highest BCUT2D eigenvalue weighted by Gasteiger charge is 2.24. The second kappa shape index (κ2) is 7.13. The van der Waals surface area contributed by atoms with Crippen molar-refractivity contribution in [1.29, 1.82) is 0 Å². The van der Waals surface area contributed by atoms with Crippen LogP contribution in [0.1, 0.15) is 25.3 Å². The Morgan fingerprint density at radius 2 is 2.09 bits per heavy atom. The van der Waals surface area contributed by atoms with E-state index < -0.39 is 12.0 Å². The SMILES string of the molecule is CC(O)CNC(=O)C1=NN(Cc2ccc(F)cc2)C(=O)CC1. The van der Waals surface area contributed by atoms with Gasteiger partial charge < -0.3 is 10.4 Å². The number of benzene rings is 1. The number of nitrogens with zero attached hydrogens (tertiary/aromatic N) is 2. The quantitative estimate of drug-likeness (QED) is 0.844. The molecule has 1 aliphatic heterocycles. The Labute approximate surface area is 127 Å². The fourth-order valence-corrected chi connectivity index (χ4v) is 1.99. The average molecular weight is 307 g/mol. The lowest BCUT2D eigenvalue weighted by Gasteiger charge is -2.23. The van der Waals surface area contributed by atoms with Gasteiger partial charge in [-0.3, -0.25) is 9.59 Å². The van der Waals surface area contributed by atoms with Gasteiger partial charge >= 0.3 is 0 Å². The van der Waals surface area contributed by atoms with Gasteiger partial charge in [0, 0.05) is 19.4 Å². The van der Waals surface area contributed by atoms with Gasteiger partial charge in [0.15, 0.2) is 0 Å². The first kappa shape index (κ1) is 16.1. The van der Waals surface area contributed by atoms with E-state index in [2.05, 4.69) is 10.4 Å². The Bertz CT molecular complexity index is 584. The summed E-state index contributed by atoms with van der Waals surface area (Å²) in [5, 5.41) is 17.0. The molecule has 118 valence electrons. The van der Waals surface area contributed by atoms with Gasteiger partial charge in [-0.15, -0.1) is 0 Å². The maximum Gasteiger partial charge on any atom is 0.267 e. The van der Waals surface area contributed by atoms with Crippen LogP contribution in [-0.2, 0) is 16.1 Å². The second-order valence-electron chi connectivity index (χ2n) is 5.18. The molecule has 0 saturated carbocycles. The Morgan fingerprint density at radius 1 is 1.41 bits per heavy atom. The van der Waals surface area contributed by atoms with Crippen molar-refractivity contribution in [3.8, 4) is 0 Å². The molecule has 0 spiro atoms. The molecule has 0 saturated heterocycles. The first-order chi connectivity index (χ1) is 10.5. The number of hydrogen-bond acceptors (Lipinski definition) is 4. The molecule has 1 aliphatic rings. The van der Waals surface area contributed by atoms with Gasteiger partial charge in [-0.25, -0.2) is 9.40 Å².